The number of carbonyl (C=O) groups is 2. The van der Waals surface area contributed by atoms with Crippen molar-refractivity contribution in [3.63, 3.8) is 0 Å². The number of aryl methyl sites for hydroxylation is 1. The van der Waals surface area contributed by atoms with E-state index < -0.39 is 5.92 Å². The molecule has 1 N–H and O–H groups in total. The van der Waals surface area contributed by atoms with E-state index in [4.69, 9.17) is 21.1 Å². The Labute approximate surface area is 163 Å². The van der Waals surface area contributed by atoms with Crippen LogP contribution < -0.4 is 19.7 Å². The van der Waals surface area contributed by atoms with Gasteiger partial charge in [-0.25, -0.2) is 0 Å². The van der Waals surface area contributed by atoms with Crippen LogP contribution >= 0.6 is 11.6 Å². The minimum absolute atomic E-state index is 0.130. The van der Waals surface area contributed by atoms with Gasteiger partial charge in [-0.15, -0.1) is 0 Å². The third-order valence-corrected chi connectivity index (χ3v) is 4.85. The van der Waals surface area contributed by atoms with Gasteiger partial charge in [-0.3, -0.25) is 9.59 Å². The number of methoxy groups -OCH3 is 2. The largest absolute Gasteiger partial charge is 0.497 e. The first kappa shape index (κ1) is 19.0. The second-order valence-corrected chi connectivity index (χ2v) is 6.83. The molecule has 2 aromatic carbocycles. The minimum atomic E-state index is -0.455. The number of amides is 2. The lowest BCUT2D eigenvalue weighted by Crippen LogP contribution is -2.28. The highest BCUT2D eigenvalue weighted by atomic mass is 35.5. The molecule has 0 saturated carbocycles. The molecule has 0 bridgehead atoms. The Balaban J connectivity index is 1.78. The van der Waals surface area contributed by atoms with Crippen LogP contribution in [0.2, 0.25) is 5.02 Å². The van der Waals surface area contributed by atoms with Crippen molar-refractivity contribution in [2.45, 2.75) is 13.3 Å². The summed E-state index contributed by atoms with van der Waals surface area (Å²) in [5.41, 5.74) is 2.15. The predicted octanol–water partition coefficient (Wildman–Crippen LogP) is 3.66. The molecule has 1 heterocycles. The first-order chi connectivity index (χ1) is 12.9. The number of ether oxygens (including phenoxy) is 2. The smallest absolute Gasteiger partial charge is 0.229 e. The van der Waals surface area contributed by atoms with Crippen molar-refractivity contribution < 1.29 is 19.1 Å². The molecule has 1 unspecified atom stereocenters. The van der Waals surface area contributed by atoms with Gasteiger partial charge in [0.1, 0.15) is 11.5 Å². The maximum absolute atomic E-state index is 12.7. The molecular formula is C20H21ClN2O4. The maximum Gasteiger partial charge on any atom is 0.229 e. The van der Waals surface area contributed by atoms with E-state index in [1.165, 1.54) is 0 Å². The van der Waals surface area contributed by atoms with Crippen LogP contribution in [0, 0.1) is 12.8 Å². The highest BCUT2D eigenvalue weighted by molar-refractivity contribution is 6.30. The van der Waals surface area contributed by atoms with Gasteiger partial charge >= 0.3 is 0 Å². The number of benzene rings is 2. The molecule has 1 fully saturated rings. The van der Waals surface area contributed by atoms with Crippen LogP contribution in [-0.2, 0) is 9.59 Å². The fourth-order valence-corrected chi connectivity index (χ4v) is 3.35. The number of halogens is 1. The molecule has 142 valence electrons. The predicted molar refractivity (Wildman–Crippen MR) is 105 cm³/mol. The Morgan fingerprint density at radius 2 is 1.96 bits per heavy atom. The summed E-state index contributed by atoms with van der Waals surface area (Å²) in [6.07, 6.45) is 0.138. The van der Waals surface area contributed by atoms with Crippen LogP contribution in [-0.4, -0.2) is 32.6 Å². The lowest BCUT2D eigenvalue weighted by Gasteiger charge is -2.20. The van der Waals surface area contributed by atoms with Crippen LogP contribution in [0.3, 0.4) is 0 Å². The number of carbonyl (C=O) groups excluding carboxylic acids is 2. The van der Waals surface area contributed by atoms with Crippen LogP contribution in [0.4, 0.5) is 11.4 Å². The van der Waals surface area contributed by atoms with Crippen molar-refractivity contribution in [1.29, 1.82) is 0 Å². The Kier molecular flexibility index (Phi) is 5.56. The van der Waals surface area contributed by atoms with E-state index >= 15 is 0 Å². The summed E-state index contributed by atoms with van der Waals surface area (Å²) < 4.78 is 10.6. The first-order valence-electron chi connectivity index (χ1n) is 8.52. The van der Waals surface area contributed by atoms with Crippen LogP contribution in [0.15, 0.2) is 36.4 Å². The van der Waals surface area contributed by atoms with Crippen molar-refractivity contribution in [1.82, 2.24) is 0 Å². The van der Waals surface area contributed by atoms with Gasteiger partial charge in [-0.1, -0.05) is 11.6 Å². The number of rotatable bonds is 5. The van der Waals surface area contributed by atoms with Gasteiger partial charge in [0.15, 0.2) is 0 Å². The highest BCUT2D eigenvalue weighted by Gasteiger charge is 2.36. The van der Waals surface area contributed by atoms with E-state index in [1.807, 2.05) is 6.92 Å². The van der Waals surface area contributed by atoms with Crippen molar-refractivity contribution in [3.05, 3.63) is 47.0 Å². The summed E-state index contributed by atoms with van der Waals surface area (Å²) in [6.45, 7) is 2.15. The van der Waals surface area contributed by atoms with E-state index in [2.05, 4.69) is 5.32 Å². The molecule has 0 radical (unpaired) electrons. The topological polar surface area (TPSA) is 67.9 Å². The van der Waals surface area contributed by atoms with Crippen molar-refractivity contribution in [3.8, 4) is 11.5 Å². The van der Waals surface area contributed by atoms with Crippen LogP contribution in [0.5, 0.6) is 11.5 Å². The molecule has 0 aromatic heterocycles. The Morgan fingerprint density at radius 3 is 2.63 bits per heavy atom. The van der Waals surface area contributed by atoms with Crippen molar-refractivity contribution in [2.75, 3.05) is 31.0 Å². The van der Waals surface area contributed by atoms with E-state index in [0.29, 0.717) is 27.9 Å². The zero-order valence-electron chi connectivity index (χ0n) is 15.4. The number of hydrogen-bond acceptors (Lipinski definition) is 4. The number of nitrogens with one attached hydrogen (secondary N) is 1. The maximum atomic E-state index is 12.7. The SMILES string of the molecule is COc1ccc(OC)c(N2CC(C(=O)Nc3ccc(Cl)cc3C)CC2=O)c1. The first-order valence-corrected chi connectivity index (χ1v) is 8.90. The number of anilines is 2. The average molecular weight is 389 g/mol. The zero-order chi connectivity index (χ0) is 19.6. The summed E-state index contributed by atoms with van der Waals surface area (Å²) >= 11 is 5.95. The standard InChI is InChI=1S/C20H21ClN2O4/c1-12-8-14(21)4-6-16(12)22-20(25)13-9-19(24)23(11-13)17-10-15(26-2)5-7-18(17)27-3/h4-8,10,13H,9,11H2,1-3H3,(H,22,25). The fourth-order valence-electron chi connectivity index (χ4n) is 3.13. The third-order valence-electron chi connectivity index (χ3n) is 4.62. The molecule has 0 spiro atoms. The average Bonchev–Trinajstić information content (AvgIpc) is 3.05. The molecule has 2 amide bonds. The molecule has 6 nitrogen and oxygen atoms in total. The molecule has 3 rings (SSSR count). The van der Waals surface area contributed by atoms with E-state index in [1.54, 1.807) is 55.5 Å². The summed E-state index contributed by atoms with van der Waals surface area (Å²) in [7, 11) is 3.10. The second kappa shape index (κ2) is 7.88. The van der Waals surface area contributed by atoms with Crippen LogP contribution in [0.1, 0.15) is 12.0 Å². The van der Waals surface area contributed by atoms with E-state index in [9.17, 15) is 9.59 Å². The van der Waals surface area contributed by atoms with E-state index in [0.717, 1.165) is 5.56 Å². The molecule has 1 aliphatic heterocycles. The van der Waals surface area contributed by atoms with Gasteiger partial charge in [0, 0.05) is 29.7 Å². The lowest BCUT2D eigenvalue weighted by atomic mass is 10.1. The van der Waals surface area contributed by atoms with Gasteiger partial charge < -0.3 is 19.7 Å². The molecule has 1 atom stereocenters. The van der Waals surface area contributed by atoms with Gasteiger partial charge in [0.05, 0.1) is 25.8 Å². The molecule has 1 aliphatic rings. The Hall–Kier alpha value is -2.73. The summed E-state index contributed by atoms with van der Waals surface area (Å²) in [4.78, 5) is 26.8. The lowest BCUT2D eigenvalue weighted by molar-refractivity contribution is -0.122. The molecule has 7 heteroatoms. The van der Waals surface area contributed by atoms with Crippen molar-refractivity contribution in [2.24, 2.45) is 5.92 Å². The molecule has 27 heavy (non-hydrogen) atoms. The van der Waals surface area contributed by atoms with E-state index in [-0.39, 0.29) is 24.8 Å². The van der Waals surface area contributed by atoms with Gasteiger partial charge in [-0.05, 0) is 42.8 Å². The van der Waals surface area contributed by atoms with Crippen LogP contribution in [0.25, 0.3) is 0 Å². The zero-order valence-corrected chi connectivity index (χ0v) is 16.2. The van der Waals surface area contributed by atoms with Gasteiger partial charge in [-0.2, -0.15) is 0 Å². The molecule has 2 aromatic rings. The highest BCUT2D eigenvalue weighted by Crippen LogP contribution is 2.36. The Morgan fingerprint density at radius 1 is 1.19 bits per heavy atom. The summed E-state index contributed by atoms with van der Waals surface area (Å²) in [5.74, 6) is 0.387. The van der Waals surface area contributed by atoms with Gasteiger partial charge in [0.2, 0.25) is 11.8 Å². The molecule has 0 aliphatic carbocycles. The quantitative estimate of drug-likeness (QED) is 0.848. The summed E-state index contributed by atoms with van der Waals surface area (Å²) in [6, 6.07) is 10.5. The monoisotopic (exact) mass is 388 g/mol. The summed E-state index contributed by atoms with van der Waals surface area (Å²) in [5, 5.41) is 3.50. The molecular weight excluding hydrogens is 368 g/mol. The molecule has 1 saturated heterocycles. The minimum Gasteiger partial charge on any atom is -0.497 e. The van der Waals surface area contributed by atoms with Gasteiger partial charge in [0.25, 0.3) is 0 Å². The third kappa shape index (κ3) is 4.01. The fraction of sp³-hybridized carbons (Fsp3) is 0.300. The normalized spacial score (nSPS) is 16.4. The number of nitrogens with zero attached hydrogens (tertiary/aromatic N) is 1. The Bertz CT molecular complexity index is 884. The second-order valence-electron chi connectivity index (χ2n) is 6.39. The van der Waals surface area contributed by atoms with Crippen molar-refractivity contribution >= 4 is 34.8 Å². The number of hydrogen-bond donors (Lipinski definition) is 1.